The Hall–Kier alpha value is -6.29. The Bertz CT molecular complexity index is 2820. The number of aromatic nitrogens is 1. The minimum atomic E-state index is 1.11. The molecule has 0 fully saturated rings. The second kappa shape index (κ2) is 11.7. The lowest BCUT2D eigenvalue weighted by molar-refractivity contribution is 1.30. The van der Waals surface area contributed by atoms with Gasteiger partial charge < -0.3 is 4.90 Å². The molecule has 3 heteroatoms. The van der Waals surface area contributed by atoms with Crippen LogP contribution >= 0.6 is 11.3 Å². The normalized spacial score (nSPS) is 11.6. The third kappa shape index (κ3) is 4.67. The molecule has 10 aromatic rings. The summed E-state index contributed by atoms with van der Waals surface area (Å²) < 4.78 is 2.49. The van der Waals surface area contributed by atoms with E-state index in [1.807, 2.05) is 23.7 Å². The van der Waals surface area contributed by atoms with E-state index in [-0.39, 0.29) is 0 Å². The molecule has 2 heterocycles. The van der Waals surface area contributed by atoms with Crippen molar-refractivity contribution in [2.45, 2.75) is 0 Å². The van der Waals surface area contributed by atoms with Crippen LogP contribution in [0, 0.1) is 0 Å². The van der Waals surface area contributed by atoms with Gasteiger partial charge in [0.05, 0.1) is 10.4 Å². The van der Waals surface area contributed by atoms with Crippen molar-refractivity contribution in [2.75, 3.05) is 4.90 Å². The number of nitrogens with zero attached hydrogens (tertiary/aromatic N) is 2. The smallest absolute Gasteiger partial charge is 0.0640 e. The zero-order chi connectivity index (χ0) is 33.0. The molecular formula is C47H30N2S. The van der Waals surface area contributed by atoms with Crippen LogP contribution < -0.4 is 4.90 Å². The third-order valence-electron chi connectivity index (χ3n) is 9.95. The van der Waals surface area contributed by atoms with E-state index >= 15 is 0 Å². The molecule has 0 radical (unpaired) electrons. The first-order chi connectivity index (χ1) is 24.8. The average Bonchev–Trinajstić information content (AvgIpc) is 3.58. The van der Waals surface area contributed by atoms with Gasteiger partial charge in [-0.2, -0.15) is 0 Å². The molecule has 2 aromatic heterocycles. The first-order valence-corrected chi connectivity index (χ1v) is 17.8. The van der Waals surface area contributed by atoms with Gasteiger partial charge in [0.1, 0.15) is 0 Å². The monoisotopic (exact) mass is 654 g/mol. The Balaban J connectivity index is 1.11. The van der Waals surface area contributed by atoms with Crippen molar-refractivity contribution in [3.05, 3.63) is 182 Å². The van der Waals surface area contributed by atoms with Crippen LogP contribution in [0.5, 0.6) is 0 Å². The summed E-state index contributed by atoms with van der Waals surface area (Å²) in [6, 6.07) is 61.8. The lowest BCUT2D eigenvalue weighted by Crippen LogP contribution is -2.10. The van der Waals surface area contributed by atoms with Crippen LogP contribution in [-0.4, -0.2) is 4.98 Å². The molecule has 0 aliphatic rings. The van der Waals surface area contributed by atoms with Crippen molar-refractivity contribution < 1.29 is 0 Å². The number of hydrogen-bond donors (Lipinski definition) is 0. The molecule has 0 aliphatic carbocycles. The molecule has 50 heavy (non-hydrogen) atoms. The van der Waals surface area contributed by atoms with Crippen molar-refractivity contribution in [3.8, 4) is 22.3 Å². The minimum absolute atomic E-state index is 1.11. The maximum Gasteiger partial charge on any atom is 0.0640 e. The van der Waals surface area contributed by atoms with Crippen molar-refractivity contribution in [3.63, 3.8) is 0 Å². The van der Waals surface area contributed by atoms with E-state index in [2.05, 4.69) is 180 Å². The molecule has 0 saturated heterocycles. The second-order valence-corrected chi connectivity index (χ2v) is 13.8. The number of hydrogen-bond acceptors (Lipinski definition) is 3. The van der Waals surface area contributed by atoms with Crippen LogP contribution in [0.3, 0.4) is 0 Å². The molecule has 0 atom stereocenters. The number of pyridine rings is 1. The molecule has 0 aliphatic heterocycles. The predicted molar refractivity (Wildman–Crippen MR) is 215 cm³/mol. The zero-order valence-corrected chi connectivity index (χ0v) is 27.9. The molecule has 8 aromatic carbocycles. The van der Waals surface area contributed by atoms with E-state index in [9.17, 15) is 0 Å². The highest BCUT2D eigenvalue weighted by Gasteiger charge is 2.19. The number of rotatable bonds is 5. The van der Waals surface area contributed by atoms with Crippen molar-refractivity contribution in [1.82, 2.24) is 4.98 Å². The van der Waals surface area contributed by atoms with Gasteiger partial charge in [0.2, 0.25) is 0 Å². The minimum Gasteiger partial charge on any atom is -0.309 e. The maximum absolute atomic E-state index is 4.45. The summed E-state index contributed by atoms with van der Waals surface area (Å²) in [7, 11) is 0. The summed E-state index contributed by atoms with van der Waals surface area (Å²) in [6.45, 7) is 0. The van der Waals surface area contributed by atoms with Gasteiger partial charge in [-0.05, 0) is 97.0 Å². The molecule has 0 saturated carbocycles. The topological polar surface area (TPSA) is 16.1 Å². The molecule has 234 valence electrons. The van der Waals surface area contributed by atoms with E-state index < -0.39 is 0 Å². The fourth-order valence-corrected chi connectivity index (χ4v) is 8.73. The Morgan fingerprint density at radius 2 is 0.900 bits per heavy atom. The lowest BCUT2D eigenvalue weighted by Gasteiger charge is -2.26. The van der Waals surface area contributed by atoms with E-state index in [4.69, 9.17) is 0 Å². The van der Waals surface area contributed by atoms with Crippen LogP contribution in [-0.2, 0) is 0 Å². The van der Waals surface area contributed by atoms with Crippen LogP contribution in [0.2, 0.25) is 0 Å². The van der Waals surface area contributed by atoms with Gasteiger partial charge in [0.25, 0.3) is 0 Å². The highest BCUT2D eigenvalue weighted by Crippen LogP contribution is 2.45. The summed E-state index contributed by atoms with van der Waals surface area (Å²) in [5.74, 6) is 0. The van der Waals surface area contributed by atoms with Crippen LogP contribution in [0.15, 0.2) is 182 Å². The van der Waals surface area contributed by atoms with E-state index in [0.29, 0.717) is 0 Å². The number of thiophene rings is 1. The van der Waals surface area contributed by atoms with E-state index in [0.717, 1.165) is 17.1 Å². The molecule has 0 spiro atoms. The van der Waals surface area contributed by atoms with Gasteiger partial charge in [-0.25, -0.2) is 0 Å². The first-order valence-electron chi connectivity index (χ1n) is 16.9. The fraction of sp³-hybridized carbons (Fsp3) is 0. The Labute approximate surface area is 294 Å². The van der Waals surface area contributed by atoms with E-state index in [1.165, 1.54) is 74.7 Å². The predicted octanol–water partition coefficient (Wildman–Crippen LogP) is 13.7. The lowest BCUT2D eigenvalue weighted by atomic mass is 9.92. The van der Waals surface area contributed by atoms with Crippen molar-refractivity contribution >= 4 is 80.9 Å². The van der Waals surface area contributed by atoms with E-state index in [1.54, 1.807) is 0 Å². The third-order valence-corrected chi connectivity index (χ3v) is 11.2. The zero-order valence-electron chi connectivity index (χ0n) is 27.1. The SMILES string of the molecule is c1ccc(-c2ccc(N(c3ccc(-c4ccc5c6ccccc6c6ccccc6c5c4)cc3)c3cccc4c3sc3ccncc34)cc2)cc1. The van der Waals surface area contributed by atoms with Gasteiger partial charge in [0.15, 0.2) is 0 Å². The van der Waals surface area contributed by atoms with Gasteiger partial charge in [0, 0.05) is 39.2 Å². The van der Waals surface area contributed by atoms with Gasteiger partial charge in [-0.15, -0.1) is 11.3 Å². The maximum atomic E-state index is 4.45. The molecule has 10 rings (SSSR count). The van der Waals surface area contributed by atoms with Crippen molar-refractivity contribution in [2.24, 2.45) is 0 Å². The quantitative estimate of drug-likeness (QED) is 0.172. The molecule has 0 bridgehead atoms. The average molecular weight is 655 g/mol. The van der Waals surface area contributed by atoms with Crippen LogP contribution in [0.4, 0.5) is 17.1 Å². The van der Waals surface area contributed by atoms with Crippen LogP contribution in [0.25, 0.3) is 74.7 Å². The van der Waals surface area contributed by atoms with Gasteiger partial charge in [-0.3, -0.25) is 4.98 Å². The summed E-state index contributed by atoms with van der Waals surface area (Å²) in [5.41, 5.74) is 8.21. The Morgan fingerprint density at radius 3 is 1.56 bits per heavy atom. The molecule has 0 unspecified atom stereocenters. The highest BCUT2D eigenvalue weighted by molar-refractivity contribution is 7.26. The first kappa shape index (κ1) is 28.7. The summed E-state index contributed by atoms with van der Waals surface area (Å²) in [4.78, 5) is 6.84. The van der Waals surface area contributed by atoms with Crippen LogP contribution in [0.1, 0.15) is 0 Å². The highest BCUT2D eigenvalue weighted by atomic mass is 32.1. The van der Waals surface area contributed by atoms with Crippen molar-refractivity contribution in [1.29, 1.82) is 0 Å². The second-order valence-electron chi connectivity index (χ2n) is 12.8. The molecular weight excluding hydrogens is 625 g/mol. The number of fused-ring (bicyclic) bond motifs is 9. The summed E-state index contributed by atoms with van der Waals surface area (Å²) in [5, 5.41) is 10.2. The molecule has 2 nitrogen and oxygen atoms in total. The molecule has 0 N–H and O–H groups in total. The van der Waals surface area contributed by atoms with Gasteiger partial charge >= 0.3 is 0 Å². The van der Waals surface area contributed by atoms with Gasteiger partial charge in [-0.1, -0.05) is 127 Å². The molecule has 0 amide bonds. The Morgan fingerprint density at radius 1 is 0.380 bits per heavy atom. The summed E-state index contributed by atoms with van der Waals surface area (Å²) >= 11 is 1.83. The Kier molecular flexibility index (Phi) is 6.71. The summed E-state index contributed by atoms with van der Waals surface area (Å²) in [6.07, 6.45) is 3.87. The standard InChI is InChI=1S/C47H30N2S/c1-2-9-31(10-3-1)32-17-22-35(23-18-32)49(45-16-8-15-42-44-30-48-28-27-46(44)50-47(42)45)36-24-19-33(20-25-36)34-21-26-41-39-13-5-4-11-37(39)38-12-6-7-14-40(38)43(41)29-34/h1-30H. The number of anilines is 3. The largest absolute Gasteiger partial charge is 0.309 e. The fourth-order valence-electron chi connectivity index (χ4n) is 7.55. The number of benzene rings is 8.